The van der Waals surface area contributed by atoms with Crippen molar-refractivity contribution in [3.63, 3.8) is 0 Å². The molecule has 2 aromatic rings. The average Bonchev–Trinajstić information content (AvgIpc) is 2.63. The Labute approximate surface area is 155 Å². The van der Waals surface area contributed by atoms with Crippen molar-refractivity contribution in [3.05, 3.63) is 53.7 Å². The first kappa shape index (κ1) is 19.2. The van der Waals surface area contributed by atoms with Crippen LogP contribution in [0.3, 0.4) is 0 Å². The average molecular weight is 361 g/mol. The van der Waals surface area contributed by atoms with Gasteiger partial charge in [-0.15, -0.1) is 12.4 Å². The molecule has 1 saturated heterocycles. The minimum absolute atomic E-state index is 0. The van der Waals surface area contributed by atoms with Crippen molar-refractivity contribution in [1.82, 2.24) is 10.3 Å². The van der Waals surface area contributed by atoms with Crippen LogP contribution in [0.4, 0.5) is 11.5 Å². The molecular formula is C19H25ClN4O. The smallest absolute Gasteiger partial charge is 0.256 e. The maximum absolute atomic E-state index is 12.3. The Hall–Kier alpha value is -2.11. The zero-order valence-electron chi connectivity index (χ0n) is 14.7. The number of nitrogens with zero attached hydrogens (tertiary/aromatic N) is 2. The van der Waals surface area contributed by atoms with Gasteiger partial charge in [0, 0.05) is 31.7 Å². The van der Waals surface area contributed by atoms with E-state index in [9.17, 15) is 4.79 Å². The van der Waals surface area contributed by atoms with Gasteiger partial charge in [-0.1, -0.05) is 26.0 Å². The Bertz CT molecular complexity index is 680. The summed E-state index contributed by atoms with van der Waals surface area (Å²) >= 11 is 0. The topological polar surface area (TPSA) is 57.3 Å². The third-order valence-corrected chi connectivity index (χ3v) is 4.31. The van der Waals surface area contributed by atoms with Crippen molar-refractivity contribution in [1.29, 1.82) is 0 Å². The molecule has 2 N–H and O–H groups in total. The lowest BCUT2D eigenvalue weighted by molar-refractivity contribution is 0.102. The van der Waals surface area contributed by atoms with E-state index in [0.717, 1.165) is 31.9 Å². The summed E-state index contributed by atoms with van der Waals surface area (Å²) in [6, 6.07) is 11.6. The lowest BCUT2D eigenvalue weighted by Gasteiger charge is -2.29. The summed E-state index contributed by atoms with van der Waals surface area (Å²) in [6.07, 6.45) is 1.82. The third kappa shape index (κ3) is 4.94. The molecule has 134 valence electrons. The van der Waals surface area contributed by atoms with Gasteiger partial charge in [0.2, 0.25) is 0 Å². The summed E-state index contributed by atoms with van der Waals surface area (Å²) in [5.41, 5.74) is 2.97. The summed E-state index contributed by atoms with van der Waals surface area (Å²) in [7, 11) is 0. The van der Waals surface area contributed by atoms with Crippen molar-refractivity contribution < 1.29 is 4.79 Å². The van der Waals surface area contributed by atoms with Crippen molar-refractivity contribution in [3.8, 4) is 0 Å². The lowest BCUT2D eigenvalue weighted by Crippen LogP contribution is -2.43. The van der Waals surface area contributed by atoms with Gasteiger partial charge in [-0.25, -0.2) is 4.98 Å². The fourth-order valence-corrected chi connectivity index (χ4v) is 2.78. The molecule has 1 fully saturated rings. The van der Waals surface area contributed by atoms with E-state index in [1.54, 1.807) is 0 Å². The van der Waals surface area contributed by atoms with E-state index >= 15 is 0 Å². The van der Waals surface area contributed by atoms with Crippen LogP contribution in [0.2, 0.25) is 0 Å². The number of hydrogen-bond donors (Lipinski definition) is 2. The van der Waals surface area contributed by atoms with Crippen LogP contribution < -0.4 is 15.5 Å². The molecule has 0 spiro atoms. The first-order valence-electron chi connectivity index (χ1n) is 8.46. The molecule has 0 unspecified atom stereocenters. The van der Waals surface area contributed by atoms with Gasteiger partial charge in [0.15, 0.2) is 0 Å². The van der Waals surface area contributed by atoms with Gasteiger partial charge < -0.3 is 15.5 Å². The molecule has 1 aliphatic heterocycles. The van der Waals surface area contributed by atoms with E-state index < -0.39 is 0 Å². The van der Waals surface area contributed by atoms with Crippen molar-refractivity contribution in [2.24, 2.45) is 0 Å². The maximum Gasteiger partial charge on any atom is 0.256 e. The van der Waals surface area contributed by atoms with E-state index in [1.165, 1.54) is 5.56 Å². The van der Waals surface area contributed by atoms with Crippen molar-refractivity contribution >= 4 is 29.8 Å². The van der Waals surface area contributed by atoms with Gasteiger partial charge in [0.1, 0.15) is 5.82 Å². The zero-order valence-corrected chi connectivity index (χ0v) is 15.5. The molecular weight excluding hydrogens is 336 g/mol. The standard InChI is InChI=1S/C19H24N4O.ClH/c1-14(2)15-3-5-16(6-4-15)19(24)22-18-8-7-17(13-21-18)23-11-9-20-10-12-23;/h3-8,13-14,20H,9-12H2,1-2H3,(H,21,22,24);1H. The molecule has 0 aliphatic carbocycles. The monoisotopic (exact) mass is 360 g/mol. The van der Waals surface area contributed by atoms with Gasteiger partial charge in [-0.2, -0.15) is 0 Å². The number of aromatic nitrogens is 1. The van der Waals surface area contributed by atoms with Gasteiger partial charge in [-0.3, -0.25) is 4.79 Å². The quantitative estimate of drug-likeness (QED) is 0.878. The maximum atomic E-state index is 12.3. The molecule has 3 rings (SSSR count). The predicted molar refractivity (Wildman–Crippen MR) is 105 cm³/mol. The molecule has 25 heavy (non-hydrogen) atoms. The van der Waals surface area contributed by atoms with Gasteiger partial charge >= 0.3 is 0 Å². The zero-order chi connectivity index (χ0) is 16.9. The number of carbonyl (C=O) groups is 1. The minimum Gasteiger partial charge on any atom is -0.368 e. The number of halogens is 1. The molecule has 0 saturated carbocycles. The predicted octanol–water partition coefficient (Wildman–Crippen LogP) is 3.29. The van der Waals surface area contributed by atoms with Crippen LogP contribution in [0.5, 0.6) is 0 Å². The second kappa shape index (κ2) is 8.83. The second-order valence-electron chi connectivity index (χ2n) is 6.37. The summed E-state index contributed by atoms with van der Waals surface area (Å²) in [5.74, 6) is 0.904. The van der Waals surface area contributed by atoms with Crippen LogP contribution in [0.15, 0.2) is 42.6 Å². The summed E-state index contributed by atoms with van der Waals surface area (Å²) in [6.45, 7) is 8.22. The van der Waals surface area contributed by atoms with Crippen LogP contribution in [0, 0.1) is 0 Å². The highest BCUT2D eigenvalue weighted by Gasteiger charge is 2.12. The highest BCUT2D eigenvalue weighted by Crippen LogP contribution is 2.17. The molecule has 5 nitrogen and oxygen atoms in total. The molecule has 1 aromatic heterocycles. The number of benzene rings is 1. The van der Waals surface area contributed by atoms with Crippen LogP contribution in [0.1, 0.15) is 35.7 Å². The Balaban J connectivity index is 0.00000225. The highest BCUT2D eigenvalue weighted by atomic mass is 35.5. The van der Waals surface area contributed by atoms with E-state index in [2.05, 4.69) is 34.4 Å². The van der Waals surface area contributed by atoms with Crippen LogP contribution in [-0.4, -0.2) is 37.1 Å². The van der Waals surface area contributed by atoms with Crippen molar-refractivity contribution in [2.75, 3.05) is 36.4 Å². The van der Waals surface area contributed by atoms with Crippen LogP contribution in [-0.2, 0) is 0 Å². The minimum atomic E-state index is -0.132. The second-order valence-corrected chi connectivity index (χ2v) is 6.37. The molecule has 0 radical (unpaired) electrons. The number of piperazine rings is 1. The molecule has 0 atom stereocenters. The number of nitrogens with one attached hydrogen (secondary N) is 2. The Morgan fingerprint density at radius 1 is 1.12 bits per heavy atom. The van der Waals surface area contributed by atoms with Gasteiger partial charge in [0.05, 0.1) is 11.9 Å². The lowest BCUT2D eigenvalue weighted by atomic mass is 10.0. The molecule has 2 heterocycles. The highest BCUT2D eigenvalue weighted by molar-refractivity contribution is 6.03. The molecule has 1 aliphatic rings. The van der Waals surface area contributed by atoms with Crippen LogP contribution in [0.25, 0.3) is 0 Å². The van der Waals surface area contributed by atoms with E-state index in [-0.39, 0.29) is 18.3 Å². The van der Waals surface area contributed by atoms with Crippen molar-refractivity contribution in [2.45, 2.75) is 19.8 Å². The number of carbonyl (C=O) groups excluding carboxylic acids is 1. The molecule has 1 amide bonds. The first-order chi connectivity index (χ1) is 11.6. The number of amides is 1. The number of pyridine rings is 1. The molecule has 0 bridgehead atoms. The van der Waals surface area contributed by atoms with E-state index in [4.69, 9.17) is 0 Å². The Morgan fingerprint density at radius 3 is 2.36 bits per heavy atom. The van der Waals surface area contributed by atoms with Gasteiger partial charge in [-0.05, 0) is 35.7 Å². The SMILES string of the molecule is CC(C)c1ccc(C(=O)Nc2ccc(N3CCNCC3)cn2)cc1.Cl. The fourth-order valence-electron chi connectivity index (χ4n) is 2.78. The fraction of sp³-hybridized carbons (Fsp3) is 0.368. The number of anilines is 2. The normalized spacial score (nSPS) is 14.1. The first-order valence-corrected chi connectivity index (χ1v) is 8.46. The van der Waals surface area contributed by atoms with Gasteiger partial charge in [0.25, 0.3) is 5.91 Å². The van der Waals surface area contributed by atoms with E-state index in [1.807, 2.05) is 42.6 Å². The third-order valence-electron chi connectivity index (χ3n) is 4.31. The Kier molecular flexibility index (Phi) is 6.79. The van der Waals surface area contributed by atoms with E-state index in [0.29, 0.717) is 17.3 Å². The molecule has 1 aromatic carbocycles. The largest absolute Gasteiger partial charge is 0.368 e. The molecule has 6 heteroatoms. The number of hydrogen-bond acceptors (Lipinski definition) is 4. The summed E-state index contributed by atoms with van der Waals surface area (Å²) in [4.78, 5) is 19.0. The summed E-state index contributed by atoms with van der Waals surface area (Å²) in [5, 5.41) is 6.19. The number of rotatable bonds is 4. The summed E-state index contributed by atoms with van der Waals surface area (Å²) < 4.78 is 0. The van der Waals surface area contributed by atoms with Crippen LogP contribution >= 0.6 is 12.4 Å². The Morgan fingerprint density at radius 2 is 1.80 bits per heavy atom.